The molecule has 1 heterocycles. The normalized spacial score (nSPS) is 29.5. The van der Waals surface area contributed by atoms with Crippen molar-refractivity contribution >= 4 is 15.9 Å². The molecule has 0 saturated carbocycles. The van der Waals surface area contributed by atoms with Gasteiger partial charge in [-0.3, -0.25) is 4.90 Å². The van der Waals surface area contributed by atoms with Crippen LogP contribution in [0.4, 0.5) is 0 Å². The van der Waals surface area contributed by atoms with E-state index in [2.05, 4.69) is 34.7 Å². The molecule has 1 saturated heterocycles. The Morgan fingerprint density at radius 2 is 2.27 bits per heavy atom. The van der Waals surface area contributed by atoms with E-state index < -0.39 is 0 Å². The summed E-state index contributed by atoms with van der Waals surface area (Å²) in [5.74, 6) is 0.873. The van der Waals surface area contributed by atoms with Gasteiger partial charge < -0.3 is 0 Å². The highest BCUT2D eigenvalue weighted by Crippen LogP contribution is 2.20. The molecule has 1 aliphatic heterocycles. The largest absolute Gasteiger partial charge is 0.297 e. The van der Waals surface area contributed by atoms with Gasteiger partial charge in [0, 0.05) is 17.9 Å². The van der Waals surface area contributed by atoms with Crippen LogP contribution in [0.1, 0.15) is 26.7 Å². The molecular formula is C9H18BrN. The molecule has 1 aliphatic rings. The lowest BCUT2D eigenvalue weighted by Crippen LogP contribution is -2.05. The molecule has 0 aliphatic carbocycles. The fourth-order valence-electron chi connectivity index (χ4n) is 1.35. The summed E-state index contributed by atoms with van der Waals surface area (Å²) >= 11 is 3.50. The number of hydrogen-bond donors (Lipinski definition) is 0. The van der Waals surface area contributed by atoms with Crippen LogP contribution in [0.15, 0.2) is 0 Å². The summed E-state index contributed by atoms with van der Waals surface area (Å²) in [6, 6.07) is 0.863. The third-order valence-electron chi connectivity index (χ3n) is 2.23. The van der Waals surface area contributed by atoms with E-state index >= 15 is 0 Å². The van der Waals surface area contributed by atoms with Crippen LogP contribution in [0.2, 0.25) is 0 Å². The van der Waals surface area contributed by atoms with Crippen LogP contribution in [0.5, 0.6) is 0 Å². The quantitative estimate of drug-likeness (QED) is 0.508. The predicted molar refractivity (Wildman–Crippen MR) is 53.2 cm³/mol. The average molecular weight is 220 g/mol. The van der Waals surface area contributed by atoms with Crippen LogP contribution in [0, 0.1) is 5.92 Å². The van der Waals surface area contributed by atoms with Crippen molar-refractivity contribution in [2.24, 2.45) is 5.92 Å². The summed E-state index contributed by atoms with van der Waals surface area (Å²) in [5, 5.41) is 1.16. The Kier molecular flexibility index (Phi) is 3.86. The predicted octanol–water partition coefficient (Wildman–Crippen LogP) is 2.50. The molecule has 1 rings (SSSR count). The van der Waals surface area contributed by atoms with Gasteiger partial charge in [0.15, 0.2) is 0 Å². The van der Waals surface area contributed by atoms with Gasteiger partial charge in [-0.1, -0.05) is 29.8 Å². The molecule has 2 atom stereocenters. The Bertz CT molecular complexity index is 114. The van der Waals surface area contributed by atoms with Crippen LogP contribution in [0.25, 0.3) is 0 Å². The van der Waals surface area contributed by atoms with Crippen LogP contribution >= 0.6 is 15.9 Å². The molecule has 2 heteroatoms. The number of rotatable bonds is 5. The van der Waals surface area contributed by atoms with Gasteiger partial charge in [0.05, 0.1) is 0 Å². The van der Waals surface area contributed by atoms with E-state index in [1.807, 2.05) is 0 Å². The average Bonchev–Trinajstić information content (AvgIpc) is 2.66. The first-order valence-corrected chi connectivity index (χ1v) is 5.66. The SMILES string of the molecule is CC(C)CCCN1CC1CBr. The molecule has 0 aromatic heterocycles. The summed E-state index contributed by atoms with van der Waals surface area (Å²) in [5.41, 5.74) is 0. The lowest BCUT2D eigenvalue weighted by Gasteiger charge is -2.04. The van der Waals surface area contributed by atoms with Gasteiger partial charge in [-0.2, -0.15) is 0 Å². The monoisotopic (exact) mass is 219 g/mol. The first kappa shape index (κ1) is 9.53. The minimum absolute atomic E-state index is 0.863. The van der Waals surface area contributed by atoms with E-state index in [9.17, 15) is 0 Å². The maximum atomic E-state index is 3.50. The Balaban J connectivity index is 1.90. The van der Waals surface area contributed by atoms with Gasteiger partial charge in [-0.25, -0.2) is 0 Å². The fourth-order valence-corrected chi connectivity index (χ4v) is 1.96. The van der Waals surface area contributed by atoms with E-state index in [-0.39, 0.29) is 0 Å². The zero-order valence-electron chi connectivity index (χ0n) is 7.52. The van der Waals surface area contributed by atoms with Crippen LogP contribution < -0.4 is 0 Å². The zero-order valence-corrected chi connectivity index (χ0v) is 9.10. The van der Waals surface area contributed by atoms with E-state index in [0.29, 0.717) is 0 Å². The Morgan fingerprint density at radius 3 is 2.73 bits per heavy atom. The van der Waals surface area contributed by atoms with Gasteiger partial charge in [0.2, 0.25) is 0 Å². The molecule has 2 unspecified atom stereocenters. The van der Waals surface area contributed by atoms with Gasteiger partial charge in [-0.05, 0) is 25.3 Å². The van der Waals surface area contributed by atoms with Gasteiger partial charge >= 0.3 is 0 Å². The highest BCUT2D eigenvalue weighted by Gasteiger charge is 2.31. The van der Waals surface area contributed by atoms with Crippen LogP contribution in [-0.2, 0) is 0 Å². The van der Waals surface area contributed by atoms with Crippen molar-refractivity contribution in [2.45, 2.75) is 32.7 Å². The lowest BCUT2D eigenvalue weighted by atomic mass is 10.1. The lowest BCUT2D eigenvalue weighted by molar-refractivity contribution is 0.455. The molecule has 0 aromatic rings. The second kappa shape index (κ2) is 4.46. The zero-order chi connectivity index (χ0) is 8.27. The van der Waals surface area contributed by atoms with E-state index in [4.69, 9.17) is 0 Å². The molecule has 0 radical (unpaired) electrons. The summed E-state index contributed by atoms with van der Waals surface area (Å²) in [6.45, 7) is 7.23. The number of nitrogens with zero attached hydrogens (tertiary/aromatic N) is 1. The standard InChI is InChI=1S/C9H18BrN/c1-8(2)4-3-5-11-7-9(11)6-10/h8-9H,3-7H2,1-2H3. The Hall–Kier alpha value is 0.440. The topological polar surface area (TPSA) is 3.01 Å². The maximum Gasteiger partial charge on any atom is 0.0320 e. The van der Waals surface area contributed by atoms with Gasteiger partial charge in [0.25, 0.3) is 0 Å². The van der Waals surface area contributed by atoms with Gasteiger partial charge in [-0.15, -0.1) is 0 Å². The number of alkyl halides is 1. The second-order valence-corrected chi connectivity index (χ2v) is 4.49. The van der Waals surface area contributed by atoms with E-state index in [1.165, 1.54) is 25.9 Å². The van der Waals surface area contributed by atoms with Gasteiger partial charge in [0.1, 0.15) is 0 Å². The van der Waals surface area contributed by atoms with Crippen molar-refractivity contribution in [3.05, 3.63) is 0 Å². The third kappa shape index (κ3) is 3.57. The summed E-state index contributed by atoms with van der Waals surface area (Å²) in [4.78, 5) is 2.54. The molecule has 0 amide bonds. The number of halogens is 1. The molecule has 11 heavy (non-hydrogen) atoms. The minimum Gasteiger partial charge on any atom is -0.297 e. The summed E-state index contributed by atoms with van der Waals surface area (Å²) in [6.07, 6.45) is 2.76. The molecule has 0 spiro atoms. The van der Waals surface area contributed by atoms with Crippen molar-refractivity contribution in [2.75, 3.05) is 18.4 Å². The van der Waals surface area contributed by atoms with E-state index in [0.717, 1.165) is 17.3 Å². The van der Waals surface area contributed by atoms with Crippen molar-refractivity contribution in [1.29, 1.82) is 0 Å². The smallest absolute Gasteiger partial charge is 0.0320 e. The van der Waals surface area contributed by atoms with Crippen molar-refractivity contribution in [1.82, 2.24) is 4.90 Å². The maximum absolute atomic E-state index is 3.50. The van der Waals surface area contributed by atoms with Crippen molar-refractivity contribution in [3.63, 3.8) is 0 Å². The van der Waals surface area contributed by atoms with Crippen molar-refractivity contribution in [3.8, 4) is 0 Å². The molecule has 1 fully saturated rings. The first-order chi connectivity index (χ1) is 5.24. The van der Waals surface area contributed by atoms with E-state index in [1.54, 1.807) is 0 Å². The van der Waals surface area contributed by atoms with Crippen LogP contribution in [-0.4, -0.2) is 29.4 Å². The Labute approximate surface area is 78.3 Å². The second-order valence-electron chi connectivity index (χ2n) is 3.84. The molecular weight excluding hydrogens is 202 g/mol. The fraction of sp³-hybridized carbons (Fsp3) is 1.00. The highest BCUT2D eigenvalue weighted by molar-refractivity contribution is 9.09. The minimum atomic E-state index is 0.863. The number of hydrogen-bond acceptors (Lipinski definition) is 1. The molecule has 66 valence electrons. The molecule has 0 bridgehead atoms. The third-order valence-corrected chi connectivity index (χ3v) is 2.98. The highest BCUT2D eigenvalue weighted by atomic mass is 79.9. The van der Waals surface area contributed by atoms with Crippen molar-refractivity contribution < 1.29 is 0 Å². The summed E-state index contributed by atoms with van der Waals surface area (Å²) < 4.78 is 0. The summed E-state index contributed by atoms with van der Waals surface area (Å²) in [7, 11) is 0. The Morgan fingerprint density at radius 1 is 1.55 bits per heavy atom. The molecule has 0 N–H and O–H groups in total. The molecule has 0 aromatic carbocycles. The van der Waals surface area contributed by atoms with Crippen LogP contribution in [0.3, 0.4) is 0 Å². The first-order valence-electron chi connectivity index (χ1n) is 4.54. The molecule has 1 nitrogen and oxygen atoms in total.